The van der Waals surface area contributed by atoms with Crippen LogP contribution in [0.1, 0.15) is 0 Å². The highest BCUT2D eigenvalue weighted by Crippen LogP contribution is 2.32. The predicted molar refractivity (Wildman–Crippen MR) is 108 cm³/mol. The molecule has 0 amide bonds. The molecule has 0 atom stereocenters. The second kappa shape index (κ2) is 6.21. The number of aromatic nitrogens is 4. The van der Waals surface area contributed by atoms with Crippen LogP contribution in [0.3, 0.4) is 0 Å². The molecule has 0 aliphatic carbocycles. The first-order valence-electron chi connectivity index (χ1n) is 8.79. The van der Waals surface area contributed by atoms with Crippen LogP contribution in [0.5, 0.6) is 0 Å². The Morgan fingerprint density at radius 1 is 0.815 bits per heavy atom. The number of rotatable bonds is 3. The maximum absolute atomic E-state index is 4.76. The first-order valence-corrected chi connectivity index (χ1v) is 8.79. The van der Waals surface area contributed by atoms with Crippen LogP contribution in [-0.4, -0.2) is 26.6 Å². The summed E-state index contributed by atoms with van der Waals surface area (Å²) in [6, 6.07) is 27.0. The Hall–Kier alpha value is -3.73. The van der Waals surface area contributed by atoms with Gasteiger partial charge in [-0.05, 0) is 35.4 Å². The minimum Gasteiger partial charge on any atom is -0.329 e. The van der Waals surface area contributed by atoms with E-state index in [-0.39, 0.29) is 0 Å². The summed E-state index contributed by atoms with van der Waals surface area (Å²) < 4.78 is 1.93. The highest BCUT2D eigenvalue weighted by Gasteiger charge is 2.15. The van der Waals surface area contributed by atoms with Gasteiger partial charge in [0.1, 0.15) is 12.1 Å². The Kier molecular flexibility index (Phi) is 3.57. The van der Waals surface area contributed by atoms with Gasteiger partial charge < -0.3 is 4.90 Å². The summed E-state index contributed by atoms with van der Waals surface area (Å²) in [6.07, 6.45) is 1.71. The maximum Gasteiger partial charge on any atom is 0.257 e. The molecular formula is C22H17N5. The molecule has 0 saturated carbocycles. The second-order valence-electron chi connectivity index (χ2n) is 6.43. The number of benzene rings is 3. The van der Waals surface area contributed by atoms with E-state index in [4.69, 9.17) is 4.98 Å². The zero-order valence-electron chi connectivity index (χ0n) is 14.8. The minimum atomic E-state index is 0.588. The molecule has 27 heavy (non-hydrogen) atoms. The molecule has 0 unspecified atom stereocenters. The Morgan fingerprint density at radius 2 is 1.56 bits per heavy atom. The number of fused-ring (bicyclic) bond motifs is 3. The summed E-state index contributed by atoms with van der Waals surface area (Å²) in [5.41, 5.74) is 4.43. The first-order chi connectivity index (χ1) is 13.3. The molecule has 2 heterocycles. The number of para-hydroxylation sites is 1. The van der Waals surface area contributed by atoms with Crippen LogP contribution < -0.4 is 4.90 Å². The van der Waals surface area contributed by atoms with Gasteiger partial charge in [-0.15, -0.1) is 10.2 Å². The van der Waals surface area contributed by atoms with Crippen LogP contribution in [0.4, 0.5) is 11.5 Å². The van der Waals surface area contributed by atoms with Crippen LogP contribution in [0.25, 0.3) is 27.8 Å². The van der Waals surface area contributed by atoms with E-state index in [0.717, 1.165) is 28.0 Å². The fraction of sp³-hybridized carbons (Fsp3) is 0.0455. The van der Waals surface area contributed by atoms with Crippen LogP contribution in [0, 0.1) is 0 Å². The molecule has 3 aromatic carbocycles. The monoisotopic (exact) mass is 351 g/mol. The minimum absolute atomic E-state index is 0.588. The van der Waals surface area contributed by atoms with E-state index in [1.165, 1.54) is 5.56 Å². The highest BCUT2D eigenvalue weighted by atomic mass is 15.3. The molecule has 0 spiro atoms. The lowest BCUT2D eigenvalue weighted by atomic mass is 10.0. The topological polar surface area (TPSA) is 46.3 Å². The quantitative estimate of drug-likeness (QED) is 0.472. The Labute approximate surface area is 156 Å². The van der Waals surface area contributed by atoms with Crippen molar-refractivity contribution >= 4 is 28.2 Å². The van der Waals surface area contributed by atoms with Gasteiger partial charge >= 0.3 is 0 Å². The fourth-order valence-corrected chi connectivity index (χ4v) is 3.39. The van der Waals surface area contributed by atoms with E-state index in [1.807, 2.05) is 35.7 Å². The van der Waals surface area contributed by atoms with Crippen molar-refractivity contribution in [1.82, 2.24) is 19.6 Å². The molecule has 5 nitrogen and oxygen atoms in total. The van der Waals surface area contributed by atoms with Crippen LogP contribution in [0.15, 0.2) is 85.2 Å². The number of hydrogen-bond donors (Lipinski definition) is 0. The van der Waals surface area contributed by atoms with E-state index >= 15 is 0 Å². The summed E-state index contributed by atoms with van der Waals surface area (Å²) in [5, 5.41) is 9.29. The van der Waals surface area contributed by atoms with E-state index in [1.54, 1.807) is 6.33 Å². The van der Waals surface area contributed by atoms with Crippen LogP contribution >= 0.6 is 0 Å². The molecule has 5 rings (SSSR count). The van der Waals surface area contributed by atoms with Gasteiger partial charge in [0.05, 0.1) is 5.52 Å². The van der Waals surface area contributed by atoms with Crippen molar-refractivity contribution in [3.05, 3.63) is 85.2 Å². The highest BCUT2D eigenvalue weighted by molar-refractivity contribution is 5.95. The summed E-state index contributed by atoms with van der Waals surface area (Å²) in [7, 11) is 2.02. The first kappa shape index (κ1) is 15.5. The van der Waals surface area contributed by atoms with Crippen LogP contribution in [-0.2, 0) is 0 Å². The SMILES string of the molecule is CN(c1ccccc1)c1nc2nncn2c2cc(-c3ccccc3)ccc12. The number of hydrogen-bond acceptors (Lipinski definition) is 4. The van der Waals surface area contributed by atoms with E-state index in [9.17, 15) is 0 Å². The molecule has 0 radical (unpaired) electrons. The smallest absolute Gasteiger partial charge is 0.257 e. The predicted octanol–water partition coefficient (Wildman–Crippen LogP) is 4.71. The van der Waals surface area contributed by atoms with Gasteiger partial charge in [0.15, 0.2) is 0 Å². The zero-order chi connectivity index (χ0) is 18.2. The lowest BCUT2D eigenvalue weighted by Gasteiger charge is -2.20. The largest absolute Gasteiger partial charge is 0.329 e. The molecule has 0 fully saturated rings. The summed E-state index contributed by atoms with van der Waals surface area (Å²) in [4.78, 5) is 6.84. The zero-order valence-corrected chi connectivity index (χ0v) is 14.8. The average Bonchev–Trinajstić information content (AvgIpc) is 3.22. The van der Waals surface area contributed by atoms with Crippen molar-refractivity contribution in [1.29, 1.82) is 0 Å². The van der Waals surface area contributed by atoms with Gasteiger partial charge in [0.25, 0.3) is 5.78 Å². The van der Waals surface area contributed by atoms with Gasteiger partial charge in [-0.1, -0.05) is 54.6 Å². The lowest BCUT2D eigenvalue weighted by molar-refractivity contribution is 1.08. The van der Waals surface area contributed by atoms with Crippen molar-refractivity contribution < 1.29 is 0 Å². The number of nitrogens with zero attached hydrogens (tertiary/aromatic N) is 5. The van der Waals surface area contributed by atoms with Crippen molar-refractivity contribution in [2.75, 3.05) is 11.9 Å². The molecule has 5 heteroatoms. The molecule has 5 aromatic rings. The van der Waals surface area contributed by atoms with Crippen molar-refractivity contribution in [3.8, 4) is 11.1 Å². The second-order valence-corrected chi connectivity index (χ2v) is 6.43. The van der Waals surface area contributed by atoms with Gasteiger partial charge in [0.2, 0.25) is 0 Å². The third-order valence-electron chi connectivity index (χ3n) is 4.80. The van der Waals surface area contributed by atoms with Gasteiger partial charge in [-0.2, -0.15) is 4.98 Å². The van der Waals surface area contributed by atoms with Crippen LogP contribution in [0.2, 0.25) is 0 Å². The van der Waals surface area contributed by atoms with E-state index in [2.05, 4.69) is 69.7 Å². The fourth-order valence-electron chi connectivity index (χ4n) is 3.39. The summed E-state index contributed by atoms with van der Waals surface area (Å²) in [5.74, 6) is 1.45. The lowest BCUT2D eigenvalue weighted by Crippen LogP contribution is -2.12. The molecule has 0 bridgehead atoms. The third-order valence-corrected chi connectivity index (χ3v) is 4.80. The number of anilines is 2. The van der Waals surface area contributed by atoms with Gasteiger partial charge in [0, 0.05) is 18.1 Å². The Balaban J connectivity index is 1.76. The molecule has 130 valence electrons. The van der Waals surface area contributed by atoms with E-state index in [0.29, 0.717) is 5.78 Å². The average molecular weight is 351 g/mol. The maximum atomic E-state index is 4.76. The standard InChI is InChI=1S/C22H17N5/c1-26(18-10-6-3-7-11-18)21-19-13-12-17(16-8-4-2-5-9-16)14-20(19)27-15-23-25-22(27)24-21/h2-15H,1H3. The molecule has 0 saturated heterocycles. The molecular weight excluding hydrogens is 334 g/mol. The van der Waals surface area contributed by atoms with Gasteiger partial charge in [-0.3, -0.25) is 4.40 Å². The molecule has 0 aliphatic heterocycles. The third kappa shape index (κ3) is 2.60. The Bertz CT molecular complexity index is 1230. The van der Waals surface area contributed by atoms with Crippen molar-refractivity contribution in [3.63, 3.8) is 0 Å². The molecule has 2 aromatic heterocycles. The summed E-state index contributed by atoms with van der Waals surface area (Å²) >= 11 is 0. The molecule has 0 aliphatic rings. The summed E-state index contributed by atoms with van der Waals surface area (Å²) in [6.45, 7) is 0. The normalized spacial score (nSPS) is 11.1. The van der Waals surface area contributed by atoms with Crippen molar-refractivity contribution in [2.24, 2.45) is 0 Å². The Morgan fingerprint density at radius 3 is 2.33 bits per heavy atom. The molecule has 0 N–H and O–H groups in total. The van der Waals surface area contributed by atoms with E-state index < -0.39 is 0 Å². The van der Waals surface area contributed by atoms with Crippen molar-refractivity contribution in [2.45, 2.75) is 0 Å². The van der Waals surface area contributed by atoms with Gasteiger partial charge in [-0.25, -0.2) is 0 Å².